The first-order valence-electron chi connectivity index (χ1n) is 18.6. The number of para-hydroxylation sites is 1. The Balaban J connectivity index is 1.33. The fourth-order valence-corrected chi connectivity index (χ4v) is 7.91. The molecular formula is C44H46ClN5O6. The lowest BCUT2D eigenvalue weighted by Crippen LogP contribution is -2.52. The Morgan fingerprint density at radius 2 is 1.54 bits per heavy atom. The maximum atomic E-state index is 15.1. The molecule has 12 heteroatoms. The minimum atomic E-state index is -0.717. The number of halogens is 1. The van der Waals surface area contributed by atoms with E-state index in [1.807, 2.05) is 72.0 Å². The van der Waals surface area contributed by atoms with Gasteiger partial charge in [-0.2, -0.15) is 0 Å². The van der Waals surface area contributed by atoms with E-state index in [0.717, 1.165) is 24.2 Å². The highest BCUT2D eigenvalue weighted by molar-refractivity contribution is 6.30. The van der Waals surface area contributed by atoms with Gasteiger partial charge in [0.2, 0.25) is 0 Å². The first kappa shape index (κ1) is 38.6. The van der Waals surface area contributed by atoms with Gasteiger partial charge < -0.3 is 34.3 Å². The second-order valence-electron chi connectivity index (χ2n) is 14.2. The van der Waals surface area contributed by atoms with Crippen LogP contribution in [0.2, 0.25) is 5.02 Å². The molecule has 3 heterocycles. The summed E-state index contributed by atoms with van der Waals surface area (Å²) in [7, 11) is 4.92. The molecule has 2 aliphatic heterocycles. The zero-order valence-electron chi connectivity index (χ0n) is 32.1. The number of nitrogens with two attached hydrogens (primary N) is 1. The predicted molar refractivity (Wildman–Crippen MR) is 217 cm³/mol. The summed E-state index contributed by atoms with van der Waals surface area (Å²) in [6.45, 7) is 6.01. The number of primary amides is 1. The summed E-state index contributed by atoms with van der Waals surface area (Å²) in [5.41, 5.74) is 12.2. The maximum Gasteiger partial charge on any atom is 0.260 e. The summed E-state index contributed by atoms with van der Waals surface area (Å²) in [5, 5.41) is 0.548. The Labute approximate surface area is 332 Å². The molecule has 1 aromatic heterocycles. The van der Waals surface area contributed by atoms with Crippen LogP contribution in [0.15, 0.2) is 91.0 Å². The van der Waals surface area contributed by atoms with Crippen molar-refractivity contribution in [3.05, 3.63) is 135 Å². The number of hydrogen-bond donors (Lipinski definition) is 1. The molecular weight excluding hydrogens is 730 g/mol. The number of morpholine rings is 1. The third-order valence-electron chi connectivity index (χ3n) is 11.0. The van der Waals surface area contributed by atoms with Crippen molar-refractivity contribution in [3.63, 3.8) is 0 Å². The highest BCUT2D eigenvalue weighted by Crippen LogP contribution is 2.37. The number of carbonyl (C=O) groups excluding carboxylic acids is 3. The third kappa shape index (κ3) is 7.75. The molecule has 2 aliphatic rings. The summed E-state index contributed by atoms with van der Waals surface area (Å²) in [6.07, 6.45) is 0.683. The van der Waals surface area contributed by atoms with E-state index in [-0.39, 0.29) is 41.3 Å². The minimum Gasteiger partial charge on any atom is -0.496 e. The van der Waals surface area contributed by atoms with Gasteiger partial charge in [-0.3, -0.25) is 19.3 Å². The van der Waals surface area contributed by atoms with E-state index in [1.165, 1.54) is 18.7 Å². The topological polar surface area (TPSA) is 120 Å². The number of amides is 3. The first-order valence-corrected chi connectivity index (χ1v) is 19.0. The molecule has 11 nitrogen and oxygen atoms in total. The van der Waals surface area contributed by atoms with Crippen LogP contribution in [0.4, 0.5) is 5.69 Å². The van der Waals surface area contributed by atoms with Crippen molar-refractivity contribution in [1.29, 1.82) is 0 Å². The molecule has 0 spiro atoms. The molecule has 0 unspecified atom stereocenters. The van der Waals surface area contributed by atoms with Crippen LogP contribution in [0.25, 0.3) is 11.3 Å². The monoisotopic (exact) mass is 775 g/mol. The summed E-state index contributed by atoms with van der Waals surface area (Å²) >= 11 is 6.27. The molecule has 1 saturated heterocycles. The van der Waals surface area contributed by atoms with Crippen molar-refractivity contribution in [3.8, 4) is 22.8 Å². The van der Waals surface area contributed by atoms with Crippen molar-refractivity contribution in [2.75, 3.05) is 52.0 Å². The SMILES string of the molecule is COc1ccccc1CN(C(=O)c1cc(-c2cc(OC)c(C(N)=O)cc2C(=O)N2Cc3ccccc3C[C@H]2CN2CCOCC2)n(C)c1C)c1ccc(Cl)cc1. The van der Waals surface area contributed by atoms with Gasteiger partial charge in [0.1, 0.15) is 11.5 Å². The van der Waals surface area contributed by atoms with Crippen LogP contribution in [0.1, 0.15) is 53.5 Å². The van der Waals surface area contributed by atoms with E-state index in [0.29, 0.717) is 71.7 Å². The highest BCUT2D eigenvalue weighted by Gasteiger charge is 2.35. The molecule has 5 aromatic rings. The Morgan fingerprint density at radius 3 is 2.23 bits per heavy atom. The second-order valence-corrected chi connectivity index (χ2v) is 14.6. The number of benzene rings is 4. The Kier molecular flexibility index (Phi) is 11.5. The maximum absolute atomic E-state index is 15.1. The molecule has 56 heavy (non-hydrogen) atoms. The van der Waals surface area contributed by atoms with Crippen LogP contribution in [0, 0.1) is 6.92 Å². The molecule has 4 aromatic carbocycles. The van der Waals surface area contributed by atoms with Gasteiger partial charge in [0, 0.05) is 78.1 Å². The van der Waals surface area contributed by atoms with Crippen LogP contribution >= 0.6 is 11.6 Å². The van der Waals surface area contributed by atoms with Crippen LogP contribution in [-0.4, -0.2) is 85.2 Å². The molecule has 290 valence electrons. The number of nitrogens with zero attached hydrogens (tertiary/aromatic N) is 4. The van der Waals surface area contributed by atoms with Gasteiger partial charge in [0.25, 0.3) is 17.7 Å². The van der Waals surface area contributed by atoms with Crippen molar-refractivity contribution in [1.82, 2.24) is 14.4 Å². The largest absolute Gasteiger partial charge is 0.496 e. The van der Waals surface area contributed by atoms with Gasteiger partial charge in [0.05, 0.1) is 45.1 Å². The van der Waals surface area contributed by atoms with Crippen LogP contribution in [0.5, 0.6) is 11.5 Å². The quantitative estimate of drug-likeness (QED) is 0.162. The number of ether oxygens (including phenoxy) is 3. The van der Waals surface area contributed by atoms with Crippen molar-refractivity contribution in [2.45, 2.75) is 32.5 Å². The summed E-state index contributed by atoms with van der Waals surface area (Å²) in [5.74, 6) is -0.344. The predicted octanol–water partition coefficient (Wildman–Crippen LogP) is 6.52. The molecule has 7 rings (SSSR count). The van der Waals surface area contributed by atoms with Gasteiger partial charge >= 0.3 is 0 Å². The Bertz CT molecular complexity index is 2260. The number of hydrogen-bond acceptors (Lipinski definition) is 7. The number of anilines is 1. The minimum absolute atomic E-state index is 0.0923. The molecule has 0 aliphatic carbocycles. The average Bonchev–Trinajstić information content (AvgIpc) is 3.52. The van der Waals surface area contributed by atoms with E-state index < -0.39 is 5.91 Å². The number of fused-ring (bicyclic) bond motifs is 1. The number of rotatable bonds is 11. The Hall–Kier alpha value is -5.62. The zero-order chi connectivity index (χ0) is 39.5. The fraction of sp³-hybridized carbons (Fsp3) is 0.295. The van der Waals surface area contributed by atoms with E-state index in [4.69, 9.17) is 31.5 Å². The lowest BCUT2D eigenvalue weighted by molar-refractivity contribution is 0.0193. The van der Waals surface area contributed by atoms with Gasteiger partial charge in [0.15, 0.2) is 0 Å². The van der Waals surface area contributed by atoms with Crippen molar-refractivity contribution in [2.24, 2.45) is 12.8 Å². The summed E-state index contributed by atoms with van der Waals surface area (Å²) < 4.78 is 18.8. The molecule has 0 bridgehead atoms. The first-order chi connectivity index (χ1) is 27.1. The number of methoxy groups -OCH3 is 2. The lowest BCUT2D eigenvalue weighted by atomic mass is 9.91. The summed E-state index contributed by atoms with van der Waals surface area (Å²) in [4.78, 5) is 48.7. The molecule has 2 N–H and O–H groups in total. The molecule has 0 radical (unpaired) electrons. The van der Waals surface area contributed by atoms with Crippen LogP contribution < -0.4 is 20.1 Å². The molecule has 1 atom stereocenters. The third-order valence-corrected chi connectivity index (χ3v) is 11.2. The van der Waals surface area contributed by atoms with Crippen molar-refractivity contribution >= 4 is 35.0 Å². The van der Waals surface area contributed by atoms with Gasteiger partial charge in [-0.25, -0.2) is 0 Å². The smallest absolute Gasteiger partial charge is 0.260 e. The van der Waals surface area contributed by atoms with Gasteiger partial charge in [-0.05, 0) is 73.0 Å². The van der Waals surface area contributed by atoms with Crippen LogP contribution in [-0.2, 0) is 31.3 Å². The van der Waals surface area contributed by atoms with Gasteiger partial charge in [-0.15, -0.1) is 0 Å². The molecule has 0 saturated carbocycles. The second kappa shape index (κ2) is 16.6. The summed E-state index contributed by atoms with van der Waals surface area (Å²) in [6, 6.07) is 27.8. The standard InChI is InChI=1S/C44H46ClN5O6/c1-28-35(43(52)49(33-15-13-32(45)14-16-33)26-31-11-7-8-12-40(31)54-3)23-39(47(28)2)36-24-41(55-4)38(42(46)51)22-37(36)44(53)50-25-30-10-6-5-9-29(30)21-34(50)27-48-17-19-56-20-18-48/h5-16,22-24,34H,17-21,25-27H2,1-4H3,(H2,46,51)/t34-/m0/s1. The highest BCUT2D eigenvalue weighted by atomic mass is 35.5. The number of aromatic nitrogens is 1. The Morgan fingerprint density at radius 1 is 0.857 bits per heavy atom. The molecule has 3 amide bonds. The lowest BCUT2D eigenvalue weighted by Gasteiger charge is -2.40. The van der Waals surface area contributed by atoms with Crippen LogP contribution in [0.3, 0.4) is 0 Å². The normalized spacial score (nSPS) is 15.6. The average molecular weight is 776 g/mol. The number of carbonyl (C=O) groups is 3. The van der Waals surface area contributed by atoms with E-state index in [9.17, 15) is 9.59 Å². The van der Waals surface area contributed by atoms with Gasteiger partial charge in [-0.1, -0.05) is 54.1 Å². The zero-order valence-corrected chi connectivity index (χ0v) is 32.8. The van der Waals surface area contributed by atoms with Crippen molar-refractivity contribution < 1.29 is 28.6 Å². The van der Waals surface area contributed by atoms with E-state index in [1.54, 1.807) is 36.3 Å². The van der Waals surface area contributed by atoms with E-state index in [2.05, 4.69) is 17.0 Å². The van der Waals surface area contributed by atoms with E-state index >= 15 is 4.79 Å². The molecule has 1 fully saturated rings. The fourth-order valence-electron chi connectivity index (χ4n) is 7.78.